The van der Waals surface area contributed by atoms with Crippen LogP contribution in [-0.4, -0.2) is 22.3 Å². The standard InChI is InChI=1S/C23H34N2O/c1-2-3-4-5-6-7-8-12-19-26-23(20-25-18-17-24-21-25)16-15-22-13-10-9-11-14-22/h9-11,13-18,21,23H,2-8,12,19-20H2,1H3. The molecule has 0 fully saturated rings. The van der Waals surface area contributed by atoms with Crippen molar-refractivity contribution >= 4 is 6.08 Å². The van der Waals surface area contributed by atoms with Gasteiger partial charge in [0.25, 0.3) is 0 Å². The number of hydrogen-bond acceptors (Lipinski definition) is 2. The molecule has 2 aromatic rings. The van der Waals surface area contributed by atoms with Crippen molar-refractivity contribution in [2.45, 2.75) is 70.9 Å². The molecule has 142 valence electrons. The Balaban J connectivity index is 1.69. The molecule has 0 amide bonds. The second-order valence-electron chi connectivity index (χ2n) is 6.91. The molecule has 0 bridgehead atoms. The highest BCUT2D eigenvalue weighted by Crippen LogP contribution is 2.10. The smallest absolute Gasteiger partial charge is 0.0946 e. The quantitative estimate of drug-likeness (QED) is 0.382. The lowest BCUT2D eigenvalue weighted by atomic mass is 10.1. The summed E-state index contributed by atoms with van der Waals surface area (Å²) < 4.78 is 8.22. The molecule has 0 saturated carbocycles. The Morgan fingerprint density at radius 3 is 2.42 bits per heavy atom. The molecule has 0 N–H and O–H groups in total. The lowest BCUT2D eigenvalue weighted by molar-refractivity contribution is 0.0710. The van der Waals surface area contributed by atoms with E-state index >= 15 is 0 Å². The summed E-state index contributed by atoms with van der Waals surface area (Å²) in [7, 11) is 0. The molecular weight excluding hydrogens is 320 g/mol. The maximum Gasteiger partial charge on any atom is 0.0946 e. The highest BCUT2D eigenvalue weighted by Gasteiger charge is 2.06. The van der Waals surface area contributed by atoms with Gasteiger partial charge in [0.15, 0.2) is 0 Å². The maximum absolute atomic E-state index is 6.15. The predicted octanol–water partition coefficient (Wildman–Crippen LogP) is 6.12. The summed E-state index contributed by atoms with van der Waals surface area (Å²) in [4.78, 5) is 4.13. The van der Waals surface area contributed by atoms with Crippen LogP contribution in [0.15, 0.2) is 55.1 Å². The summed E-state index contributed by atoms with van der Waals surface area (Å²) in [5.41, 5.74) is 1.21. The molecule has 0 aliphatic rings. The molecule has 3 heteroatoms. The first-order chi connectivity index (χ1) is 12.9. The molecule has 0 aliphatic carbocycles. The number of benzene rings is 1. The Labute approximate surface area is 159 Å². The minimum absolute atomic E-state index is 0.0777. The first-order valence-electron chi connectivity index (χ1n) is 10.2. The summed E-state index contributed by atoms with van der Waals surface area (Å²) in [6.45, 7) is 3.90. The first-order valence-corrected chi connectivity index (χ1v) is 10.2. The van der Waals surface area contributed by atoms with Crippen molar-refractivity contribution in [3.8, 4) is 0 Å². The van der Waals surface area contributed by atoms with Crippen LogP contribution in [0.1, 0.15) is 63.9 Å². The lowest BCUT2D eigenvalue weighted by Crippen LogP contribution is -2.17. The van der Waals surface area contributed by atoms with Crippen molar-refractivity contribution in [2.75, 3.05) is 6.61 Å². The SMILES string of the molecule is CCCCCCCCCCOC(C=Cc1ccccc1)Cn1ccnc1. The van der Waals surface area contributed by atoms with E-state index in [4.69, 9.17) is 4.74 Å². The van der Waals surface area contributed by atoms with Gasteiger partial charge in [-0.25, -0.2) is 4.98 Å². The van der Waals surface area contributed by atoms with Gasteiger partial charge in [0.2, 0.25) is 0 Å². The summed E-state index contributed by atoms with van der Waals surface area (Å²) in [6.07, 6.45) is 20.6. The van der Waals surface area contributed by atoms with Crippen LogP contribution in [0, 0.1) is 0 Å². The summed E-state index contributed by atoms with van der Waals surface area (Å²) in [6, 6.07) is 10.4. The van der Waals surface area contributed by atoms with E-state index in [2.05, 4.69) is 52.9 Å². The van der Waals surface area contributed by atoms with E-state index in [9.17, 15) is 0 Å². The molecule has 1 unspecified atom stereocenters. The van der Waals surface area contributed by atoms with Gasteiger partial charge in [-0.05, 0) is 12.0 Å². The number of rotatable bonds is 14. The highest BCUT2D eigenvalue weighted by molar-refractivity contribution is 5.49. The second kappa shape index (κ2) is 13.3. The van der Waals surface area contributed by atoms with Gasteiger partial charge in [-0.3, -0.25) is 0 Å². The Bertz CT molecular complexity index is 578. The van der Waals surface area contributed by atoms with Gasteiger partial charge in [-0.1, -0.05) is 94.4 Å². The average Bonchev–Trinajstić information content (AvgIpc) is 3.18. The Kier molecular flexibility index (Phi) is 10.5. The third-order valence-corrected chi connectivity index (χ3v) is 4.58. The van der Waals surface area contributed by atoms with Gasteiger partial charge >= 0.3 is 0 Å². The van der Waals surface area contributed by atoms with Gasteiger partial charge in [-0.2, -0.15) is 0 Å². The molecule has 2 rings (SSSR count). The topological polar surface area (TPSA) is 27.1 Å². The number of ether oxygens (including phenoxy) is 1. The van der Waals surface area contributed by atoms with Crippen molar-refractivity contribution < 1.29 is 4.74 Å². The summed E-state index contributed by atoms with van der Waals surface area (Å²) in [5.74, 6) is 0. The molecule has 3 nitrogen and oxygen atoms in total. The number of imidazole rings is 1. The van der Waals surface area contributed by atoms with Crippen molar-refractivity contribution in [1.29, 1.82) is 0 Å². The van der Waals surface area contributed by atoms with Crippen molar-refractivity contribution in [3.05, 3.63) is 60.7 Å². The number of aromatic nitrogens is 2. The molecule has 1 heterocycles. The van der Waals surface area contributed by atoms with E-state index < -0.39 is 0 Å². The summed E-state index contributed by atoms with van der Waals surface area (Å²) >= 11 is 0. The van der Waals surface area contributed by atoms with E-state index in [-0.39, 0.29) is 6.10 Å². The molecule has 0 aliphatic heterocycles. The number of unbranched alkanes of at least 4 members (excludes halogenated alkanes) is 7. The monoisotopic (exact) mass is 354 g/mol. The number of hydrogen-bond donors (Lipinski definition) is 0. The highest BCUT2D eigenvalue weighted by atomic mass is 16.5. The zero-order valence-corrected chi connectivity index (χ0v) is 16.2. The van der Waals surface area contributed by atoms with Crippen LogP contribution in [0.5, 0.6) is 0 Å². The molecule has 0 spiro atoms. The minimum Gasteiger partial charge on any atom is -0.372 e. The minimum atomic E-state index is 0.0777. The van der Waals surface area contributed by atoms with Gasteiger partial charge in [0.05, 0.1) is 19.0 Å². The molecule has 1 aromatic heterocycles. The fourth-order valence-electron chi connectivity index (χ4n) is 3.02. The molecular formula is C23H34N2O. The number of nitrogens with zero attached hydrogens (tertiary/aromatic N) is 2. The molecule has 26 heavy (non-hydrogen) atoms. The zero-order chi connectivity index (χ0) is 18.3. The lowest BCUT2D eigenvalue weighted by Gasteiger charge is -2.15. The van der Waals surface area contributed by atoms with Crippen molar-refractivity contribution in [3.63, 3.8) is 0 Å². The Hall–Kier alpha value is -1.87. The Morgan fingerprint density at radius 2 is 1.73 bits per heavy atom. The molecule has 1 aromatic carbocycles. The van der Waals surface area contributed by atoms with Gasteiger partial charge < -0.3 is 9.30 Å². The fraction of sp³-hybridized carbons (Fsp3) is 0.522. The maximum atomic E-state index is 6.15. The van der Waals surface area contributed by atoms with Crippen LogP contribution in [0.4, 0.5) is 0 Å². The van der Waals surface area contributed by atoms with Crippen LogP contribution < -0.4 is 0 Å². The van der Waals surface area contributed by atoms with E-state index in [1.54, 1.807) is 0 Å². The molecule has 1 atom stereocenters. The summed E-state index contributed by atoms with van der Waals surface area (Å²) in [5, 5.41) is 0. The zero-order valence-electron chi connectivity index (χ0n) is 16.2. The molecule has 0 saturated heterocycles. The van der Waals surface area contributed by atoms with Crippen LogP contribution in [0.25, 0.3) is 6.08 Å². The van der Waals surface area contributed by atoms with Crippen molar-refractivity contribution in [2.24, 2.45) is 0 Å². The van der Waals surface area contributed by atoms with Gasteiger partial charge in [0.1, 0.15) is 0 Å². The normalized spacial score (nSPS) is 12.7. The van der Waals surface area contributed by atoms with Gasteiger partial charge in [-0.15, -0.1) is 0 Å². The first kappa shape index (κ1) is 20.4. The van der Waals surface area contributed by atoms with E-state index in [1.165, 1.54) is 50.5 Å². The van der Waals surface area contributed by atoms with Crippen LogP contribution in [0.2, 0.25) is 0 Å². The van der Waals surface area contributed by atoms with Crippen LogP contribution in [-0.2, 0) is 11.3 Å². The van der Waals surface area contributed by atoms with E-state index in [0.29, 0.717) is 0 Å². The van der Waals surface area contributed by atoms with Crippen LogP contribution in [0.3, 0.4) is 0 Å². The third-order valence-electron chi connectivity index (χ3n) is 4.58. The predicted molar refractivity (Wildman–Crippen MR) is 110 cm³/mol. The average molecular weight is 355 g/mol. The third kappa shape index (κ3) is 9.00. The van der Waals surface area contributed by atoms with Crippen LogP contribution >= 0.6 is 0 Å². The molecule has 0 radical (unpaired) electrons. The largest absolute Gasteiger partial charge is 0.372 e. The Morgan fingerprint density at radius 1 is 1.00 bits per heavy atom. The fourth-order valence-corrected chi connectivity index (χ4v) is 3.02. The van der Waals surface area contributed by atoms with E-state index in [1.807, 2.05) is 24.8 Å². The van der Waals surface area contributed by atoms with Gasteiger partial charge in [0, 0.05) is 19.0 Å². The van der Waals surface area contributed by atoms with Crippen molar-refractivity contribution in [1.82, 2.24) is 9.55 Å². The second-order valence-corrected chi connectivity index (χ2v) is 6.91. The van der Waals surface area contributed by atoms with E-state index in [0.717, 1.165) is 19.6 Å².